The fourth-order valence-corrected chi connectivity index (χ4v) is 2.93. The third-order valence-electron chi connectivity index (χ3n) is 2.11. The molecule has 1 aromatic carbocycles. The topological polar surface area (TPSA) is 26.0 Å². The average Bonchev–Trinajstić information content (AvgIpc) is 2.26. The molecular formula is C12H19NS2. The quantitative estimate of drug-likeness (QED) is 0.612. The average molecular weight is 241 g/mol. The van der Waals surface area contributed by atoms with Gasteiger partial charge in [0.05, 0.1) is 0 Å². The van der Waals surface area contributed by atoms with Crippen molar-refractivity contribution in [3.63, 3.8) is 0 Å². The van der Waals surface area contributed by atoms with Crippen LogP contribution in [-0.4, -0.2) is 23.3 Å². The molecule has 3 heteroatoms. The van der Waals surface area contributed by atoms with Crippen molar-refractivity contribution < 1.29 is 0 Å². The maximum atomic E-state index is 5.55. The van der Waals surface area contributed by atoms with Crippen LogP contribution in [0.25, 0.3) is 0 Å². The van der Waals surface area contributed by atoms with Crippen molar-refractivity contribution >= 4 is 23.5 Å². The van der Waals surface area contributed by atoms with Gasteiger partial charge in [-0.15, -0.1) is 11.8 Å². The molecule has 1 aromatic rings. The van der Waals surface area contributed by atoms with Crippen molar-refractivity contribution in [1.29, 1.82) is 0 Å². The Kier molecular flexibility index (Phi) is 6.22. The van der Waals surface area contributed by atoms with Crippen molar-refractivity contribution in [3.8, 4) is 0 Å². The van der Waals surface area contributed by atoms with E-state index in [1.165, 1.54) is 16.2 Å². The summed E-state index contributed by atoms with van der Waals surface area (Å²) in [4.78, 5) is 1.36. The molecule has 0 radical (unpaired) electrons. The Balaban J connectivity index is 2.17. The second-order valence-corrected chi connectivity index (χ2v) is 6.29. The summed E-state index contributed by atoms with van der Waals surface area (Å²) < 4.78 is 0. The van der Waals surface area contributed by atoms with Gasteiger partial charge in [-0.2, -0.15) is 11.8 Å². The first-order valence-corrected chi connectivity index (χ1v) is 7.27. The van der Waals surface area contributed by atoms with Crippen LogP contribution < -0.4 is 5.73 Å². The van der Waals surface area contributed by atoms with Gasteiger partial charge in [-0.05, 0) is 19.1 Å². The number of nitrogens with two attached hydrogens (primary N) is 1. The van der Waals surface area contributed by atoms with E-state index in [0.717, 1.165) is 12.3 Å². The molecular weight excluding hydrogens is 222 g/mol. The van der Waals surface area contributed by atoms with Crippen LogP contribution in [0.15, 0.2) is 29.2 Å². The fourth-order valence-electron chi connectivity index (χ4n) is 1.11. The molecule has 1 unspecified atom stereocenters. The second kappa shape index (κ2) is 7.20. The standard InChI is InChI=1S/C12H19NS2/c1-10-3-5-12(6-4-10)15-8-7-14-11(2)9-13/h3-6,11H,7-9,13H2,1-2H3. The highest BCUT2D eigenvalue weighted by Gasteiger charge is 1.99. The Labute approximate surface area is 101 Å². The molecule has 0 aliphatic rings. The van der Waals surface area contributed by atoms with Gasteiger partial charge in [0.1, 0.15) is 0 Å². The highest BCUT2D eigenvalue weighted by molar-refractivity contribution is 8.03. The van der Waals surface area contributed by atoms with Crippen molar-refractivity contribution in [1.82, 2.24) is 0 Å². The Bertz CT molecular complexity index is 271. The Morgan fingerprint density at radius 3 is 2.47 bits per heavy atom. The molecule has 0 aliphatic heterocycles. The van der Waals surface area contributed by atoms with Gasteiger partial charge in [0.2, 0.25) is 0 Å². The summed E-state index contributed by atoms with van der Waals surface area (Å²) in [5.41, 5.74) is 6.88. The first kappa shape index (κ1) is 12.9. The van der Waals surface area contributed by atoms with Crippen LogP contribution in [0.1, 0.15) is 12.5 Å². The molecule has 0 amide bonds. The molecule has 15 heavy (non-hydrogen) atoms. The third kappa shape index (κ3) is 5.50. The van der Waals surface area contributed by atoms with E-state index in [4.69, 9.17) is 5.73 Å². The third-order valence-corrected chi connectivity index (χ3v) is 4.58. The van der Waals surface area contributed by atoms with Gasteiger partial charge in [0.15, 0.2) is 0 Å². The number of hydrogen-bond acceptors (Lipinski definition) is 3. The van der Waals surface area contributed by atoms with E-state index in [2.05, 4.69) is 38.1 Å². The minimum Gasteiger partial charge on any atom is -0.329 e. The van der Waals surface area contributed by atoms with Gasteiger partial charge in [0.25, 0.3) is 0 Å². The Hall–Kier alpha value is -0.120. The Morgan fingerprint density at radius 1 is 1.20 bits per heavy atom. The molecule has 2 N–H and O–H groups in total. The lowest BCUT2D eigenvalue weighted by Gasteiger charge is -2.07. The number of rotatable bonds is 6. The lowest BCUT2D eigenvalue weighted by Crippen LogP contribution is -2.13. The summed E-state index contributed by atoms with van der Waals surface area (Å²) in [6, 6.07) is 8.71. The normalized spacial score (nSPS) is 12.7. The van der Waals surface area contributed by atoms with Crippen molar-refractivity contribution in [2.75, 3.05) is 18.1 Å². The van der Waals surface area contributed by atoms with Gasteiger partial charge in [-0.25, -0.2) is 0 Å². The van der Waals surface area contributed by atoms with Gasteiger partial charge in [-0.1, -0.05) is 24.6 Å². The van der Waals surface area contributed by atoms with Gasteiger partial charge >= 0.3 is 0 Å². The largest absolute Gasteiger partial charge is 0.329 e. The van der Waals surface area contributed by atoms with Crippen LogP contribution in [0.5, 0.6) is 0 Å². The molecule has 0 aromatic heterocycles. The zero-order valence-corrected chi connectivity index (χ0v) is 11.0. The highest BCUT2D eigenvalue weighted by Crippen LogP contribution is 2.20. The maximum Gasteiger partial charge on any atom is 0.0142 e. The molecule has 0 saturated heterocycles. The minimum atomic E-state index is 0.587. The van der Waals surface area contributed by atoms with Crippen LogP contribution in [-0.2, 0) is 0 Å². The zero-order valence-electron chi connectivity index (χ0n) is 9.40. The first-order chi connectivity index (χ1) is 7.22. The predicted molar refractivity (Wildman–Crippen MR) is 72.9 cm³/mol. The van der Waals surface area contributed by atoms with Gasteiger partial charge in [-0.3, -0.25) is 0 Å². The predicted octanol–water partition coefficient (Wildman–Crippen LogP) is 3.17. The number of aryl methyl sites for hydroxylation is 1. The molecule has 0 fully saturated rings. The number of hydrogen-bond donors (Lipinski definition) is 1. The van der Waals surface area contributed by atoms with Crippen LogP contribution in [0.4, 0.5) is 0 Å². The van der Waals surface area contributed by atoms with Crippen LogP contribution in [0.3, 0.4) is 0 Å². The summed E-state index contributed by atoms with van der Waals surface area (Å²) >= 11 is 3.87. The zero-order chi connectivity index (χ0) is 11.1. The lowest BCUT2D eigenvalue weighted by atomic mass is 10.2. The number of thioether (sulfide) groups is 2. The van der Waals surface area contributed by atoms with Crippen molar-refractivity contribution in [2.45, 2.75) is 24.0 Å². The van der Waals surface area contributed by atoms with E-state index in [0.29, 0.717) is 5.25 Å². The van der Waals surface area contributed by atoms with E-state index in [9.17, 15) is 0 Å². The first-order valence-electron chi connectivity index (χ1n) is 5.23. The van der Waals surface area contributed by atoms with Crippen molar-refractivity contribution in [2.24, 2.45) is 5.73 Å². The van der Waals surface area contributed by atoms with Gasteiger partial charge in [0, 0.05) is 28.2 Å². The molecule has 1 nitrogen and oxygen atoms in total. The molecule has 0 aliphatic carbocycles. The number of benzene rings is 1. The molecule has 0 heterocycles. The highest BCUT2D eigenvalue weighted by atomic mass is 32.2. The molecule has 0 spiro atoms. The fraction of sp³-hybridized carbons (Fsp3) is 0.500. The summed E-state index contributed by atoms with van der Waals surface area (Å²) in [6.45, 7) is 5.08. The minimum absolute atomic E-state index is 0.587. The smallest absolute Gasteiger partial charge is 0.0142 e. The van der Waals surface area contributed by atoms with Crippen molar-refractivity contribution in [3.05, 3.63) is 29.8 Å². The van der Waals surface area contributed by atoms with E-state index >= 15 is 0 Å². The summed E-state index contributed by atoms with van der Waals surface area (Å²) in [7, 11) is 0. The van der Waals surface area contributed by atoms with E-state index in [1.807, 2.05) is 23.5 Å². The summed E-state index contributed by atoms with van der Waals surface area (Å²) in [5, 5.41) is 0.587. The monoisotopic (exact) mass is 241 g/mol. The molecule has 0 bridgehead atoms. The van der Waals surface area contributed by atoms with E-state index < -0.39 is 0 Å². The van der Waals surface area contributed by atoms with Crippen LogP contribution in [0.2, 0.25) is 0 Å². The Morgan fingerprint density at radius 2 is 1.87 bits per heavy atom. The van der Waals surface area contributed by atoms with Crippen LogP contribution >= 0.6 is 23.5 Å². The van der Waals surface area contributed by atoms with E-state index in [1.54, 1.807) is 0 Å². The molecule has 0 saturated carbocycles. The summed E-state index contributed by atoms with van der Waals surface area (Å²) in [6.07, 6.45) is 0. The SMILES string of the molecule is Cc1ccc(SCCSC(C)CN)cc1. The van der Waals surface area contributed by atoms with Crippen LogP contribution in [0, 0.1) is 6.92 Å². The van der Waals surface area contributed by atoms with Gasteiger partial charge < -0.3 is 5.73 Å². The maximum absolute atomic E-state index is 5.55. The van der Waals surface area contributed by atoms with E-state index in [-0.39, 0.29) is 0 Å². The molecule has 1 rings (SSSR count). The summed E-state index contributed by atoms with van der Waals surface area (Å²) in [5.74, 6) is 2.34. The molecule has 1 atom stereocenters. The lowest BCUT2D eigenvalue weighted by molar-refractivity contribution is 0.952. The molecule has 84 valence electrons. The second-order valence-electron chi connectivity index (χ2n) is 3.58.